The van der Waals surface area contributed by atoms with Crippen molar-refractivity contribution in [3.8, 4) is 0 Å². The fourth-order valence-electron chi connectivity index (χ4n) is 6.07. The lowest BCUT2D eigenvalue weighted by molar-refractivity contribution is 0.135. The van der Waals surface area contributed by atoms with Gasteiger partial charge in [0.25, 0.3) is 6.08 Å². The van der Waals surface area contributed by atoms with E-state index in [1.54, 1.807) is 0 Å². The van der Waals surface area contributed by atoms with Crippen LogP contribution in [0.3, 0.4) is 0 Å². The average molecular weight is 403 g/mol. The minimum atomic E-state index is -1.49. The highest BCUT2D eigenvalue weighted by molar-refractivity contribution is 5.31. The van der Waals surface area contributed by atoms with E-state index in [0.717, 1.165) is 25.7 Å². The van der Waals surface area contributed by atoms with Gasteiger partial charge in [0.15, 0.2) is 0 Å². The van der Waals surface area contributed by atoms with E-state index in [1.807, 2.05) is 0 Å². The largest absolute Gasteiger partial charge is 0.266 e. The highest BCUT2D eigenvalue weighted by Gasteiger charge is 2.42. The van der Waals surface area contributed by atoms with E-state index >= 15 is 0 Å². The molecule has 0 nitrogen and oxygen atoms in total. The molecule has 29 heavy (non-hydrogen) atoms. The Kier molecular flexibility index (Phi) is 8.75. The minimum Gasteiger partial charge on any atom is -0.174 e. The second-order valence-electron chi connectivity index (χ2n) is 9.65. The van der Waals surface area contributed by atoms with Crippen LogP contribution in [0, 0.1) is 11.8 Å². The molecular formula is C27H40F2. The predicted molar refractivity (Wildman–Crippen MR) is 119 cm³/mol. The number of halogens is 2. The van der Waals surface area contributed by atoms with E-state index in [4.69, 9.17) is 0 Å². The van der Waals surface area contributed by atoms with Crippen LogP contribution >= 0.6 is 0 Å². The molecule has 0 bridgehead atoms. The van der Waals surface area contributed by atoms with Gasteiger partial charge in [-0.15, -0.1) is 0 Å². The van der Waals surface area contributed by atoms with E-state index in [1.165, 1.54) is 87.8 Å². The van der Waals surface area contributed by atoms with Gasteiger partial charge >= 0.3 is 0 Å². The summed E-state index contributed by atoms with van der Waals surface area (Å²) in [7, 11) is 0. The fourth-order valence-corrected chi connectivity index (χ4v) is 6.07. The van der Waals surface area contributed by atoms with E-state index in [9.17, 15) is 8.78 Å². The molecule has 0 unspecified atom stereocenters. The van der Waals surface area contributed by atoms with Crippen molar-refractivity contribution < 1.29 is 8.78 Å². The topological polar surface area (TPSA) is 0 Å². The highest BCUT2D eigenvalue weighted by Crippen LogP contribution is 2.51. The Morgan fingerprint density at radius 3 is 2.17 bits per heavy atom. The Bertz CT molecular complexity index is 612. The molecule has 3 rings (SSSR count). The average Bonchev–Trinajstić information content (AvgIpc) is 2.75. The second kappa shape index (κ2) is 11.3. The van der Waals surface area contributed by atoms with Gasteiger partial charge in [-0.25, -0.2) is 0 Å². The van der Waals surface area contributed by atoms with Crippen LogP contribution < -0.4 is 0 Å². The van der Waals surface area contributed by atoms with Crippen molar-refractivity contribution in [2.45, 2.75) is 109 Å². The molecule has 2 heteroatoms. The fraction of sp³-hybridized carbons (Fsp3) is 0.704. The number of allylic oxidation sites excluding steroid dienone is 1. The summed E-state index contributed by atoms with van der Waals surface area (Å²) < 4.78 is 25.3. The van der Waals surface area contributed by atoms with Crippen molar-refractivity contribution in [1.82, 2.24) is 0 Å². The summed E-state index contributed by atoms with van der Waals surface area (Å²) in [5, 5.41) is 0. The van der Waals surface area contributed by atoms with Gasteiger partial charge in [0.2, 0.25) is 0 Å². The molecule has 2 aliphatic rings. The number of rotatable bonds is 9. The SMILES string of the molecule is CCCCCCCc1ccc(C2(C3CCC(C=C(F)F)CC3)CCCCC2)cc1. The lowest BCUT2D eigenvalue weighted by Gasteiger charge is -2.47. The third-order valence-corrected chi connectivity index (χ3v) is 7.76. The first-order chi connectivity index (χ1) is 14.1. The maximum atomic E-state index is 12.7. The van der Waals surface area contributed by atoms with Gasteiger partial charge < -0.3 is 0 Å². The number of hydrogen-bond donors (Lipinski definition) is 0. The molecule has 1 aromatic carbocycles. The molecule has 0 atom stereocenters. The standard InChI is InChI=1S/C27H40F2/c1-2-3-4-5-7-10-22-11-15-24(16-12-22)27(19-8-6-9-20-27)25-17-13-23(14-18-25)21-26(28)29/h11-12,15-16,21,23,25H,2-10,13-14,17-20H2,1H3. The maximum Gasteiger partial charge on any atom is 0.266 e. The Balaban J connectivity index is 1.65. The molecule has 0 amide bonds. The van der Waals surface area contributed by atoms with Crippen LogP contribution in [0.25, 0.3) is 0 Å². The quantitative estimate of drug-likeness (QED) is 0.361. The number of aryl methyl sites for hydroxylation is 1. The number of hydrogen-bond acceptors (Lipinski definition) is 0. The predicted octanol–water partition coefficient (Wildman–Crippen LogP) is 8.99. The first-order valence-electron chi connectivity index (χ1n) is 12.3. The molecular weight excluding hydrogens is 362 g/mol. The first kappa shape index (κ1) is 22.5. The van der Waals surface area contributed by atoms with E-state index in [0.29, 0.717) is 11.3 Å². The van der Waals surface area contributed by atoms with Crippen LogP contribution in [0.15, 0.2) is 36.4 Å². The molecule has 0 N–H and O–H groups in total. The molecule has 0 spiro atoms. The van der Waals surface area contributed by atoms with Crippen molar-refractivity contribution in [3.05, 3.63) is 47.5 Å². The normalized spacial score (nSPS) is 24.2. The smallest absolute Gasteiger partial charge is 0.174 e. The van der Waals surface area contributed by atoms with Crippen LogP contribution in [0.1, 0.15) is 108 Å². The maximum absolute atomic E-state index is 12.7. The summed E-state index contributed by atoms with van der Waals surface area (Å²) in [6, 6.07) is 9.58. The van der Waals surface area contributed by atoms with Gasteiger partial charge in [-0.1, -0.05) is 76.1 Å². The second-order valence-corrected chi connectivity index (χ2v) is 9.65. The summed E-state index contributed by atoms with van der Waals surface area (Å²) in [4.78, 5) is 0. The molecule has 2 fully saturated rings. The Morgan fingerprint density at radius 1 is 0.897 bits per heavy atom. The van der Waals surface area contributed by atoms with Crippen molar-refractivity contribution >= 4 is 0 Å². The van der Waals surface area contributed by atoms with Crippen molar-refractivity contribution in [2.75, 3.05) is 0 Å². The zero-order valence-electron chi connectivity index (χ0n) is 18.4. The molecule has 0 saturated heterocycles. The van der Waals surface area contributed by atoms with Gasteiger partial charge in [0.1, 0.15) is 0 Å². The molecule has 1 aromatic rings. The van der Waals surface area contributed by atoms with Crippen LogP contribution in [0.4, 0.5) is 8.78 Å². The Hall–Kier alpha value is -1.18. The third-order valence-electron chi connectivity index (χ3n) is 7.76. The molecule has 0 heterocycles. The molecule has 162 valence electrons. The molecule has 2 saturated carbocycles. The lowest BCUT2D eigenvalue weighted by Crippen LogP contribution is -2.39. The van der Waals surface area contributed by atoms with E-state index in [2.05, 4.69) is 31.2 Å². The molecule has 0 aliphatic heterocycles. The van der Waals surface area contributed by atoms with Crippen molar-refractivity contribution in [1.29, 1.82) is 0 Å². The van der Waals surface area contributed by atoms with E-state index < -0.39 is 6.08 Å². The van der Waals surface area contributed by atoms with Gasteiger partial charge in [-0.05, 0) is 85.8 Å². The zero-order chi connectivity index (χ0) is 20.5. The summed E-state index contributed by atoms with van der Waals surface area (Å²) in [6.07, 6.45) is 18.2. The van der Waals surface area contributed by atoms with Crippen LogP contribution in [0.2, 0.25) is 0 Å². The Morgan fingerprint density at radius 2 is 1.55 bits per heavy atom. The summed E-state index contributed by atoms with van der Waals surface area (Å²) >= 11 is 0. The summed E-state index contributed by atoms with van der Waals surface area (Å²) in [6.45, 7) is 2.27. The van der Waals surface area contributed by atoms with Gasteiger partial charge in [-0.2, -0.15) is 8.78 Å². The van der Waals surface area contributed by atoms with Crippen LogP contribution in [-0.4, -0.2) is 0 Å². The molecule has 2 aliphatic carbocycles. The van der Waals surface area contributed by atoms with Gasteiger partial charge in [0.05, 0.1) is 0 Å². The Labute approximate surface area is 177 Å². The first-order valence-corrected chi connectivity index (χ1v) is 12.3. The monoisotopic (exact) mass is 402 g/mol. The van der Waals surface area contributed by atoms with Crippen LogP contribution in [0.5, 0.6) is 0 Å². The summed E-state index contributed by atoms with van der Waals surface area (Å²) in [5.41, 5.74) is 3.30. The zero-order valence-corrected chi connectivity index (χ0v) is 18.4. The van der Waals surface area contributed by atoms with Crippen molar-refractivity contribution in [2.24, 2.45) is 11.8 Å². The number of benzene rings is 1. The molecule has 0 radical (unpaired) electrons. The summed E-state index contributed by atoms with van der Waals surface area (Å²) in [5.74, 6) is 0.752. The van der Waals surface area contributed by atoms with E-state index in [-0.39, 0.29) is 5.92 Å². The van der Waals surface area contributed by atoms with Gasteiger partial charge in [0, 0.05) is 0 Å². The highest BCUT2D eigenvalue weighted by atomic mass is 19.3. The van der Waals surface area contributed by atoms with Crippen molar-refractivity contribution in [3.63, 3.8) is 0 Å². The number of unbranched alkanes of at least 4 members (excludes halogenated alkanes) is 4. The lowest BCUT2D eigenvalue weighted by atomic mass is 9.58. The van der Waals surface area contributed by atoms with Crippen LogP contribution in [-0.2, 0) is 11.8 Å². The van der Waals surface area contributed by atoms with Gasteiger partial charge in [-0.3, -0.25) is 0 Å². The third kappa shape index (κ3) is 6.15. The minimum absolute atomic E-state index is 0.0898. The molecule has 0 aromatic heterocycles.